The quantitative estimate of drug-likeness (QED) is 0.560. The summed E-state index contributed by atoms with van der Waals surface area (Å²) in [5.74, 6) is 0.372. The third-order valence-electron chi connectivity index (χ3n) is 4.31. The molecule has 2 rings (SSSR count). The Kier molecular flexibility index (Phi) is 7.06. The number of rotatable bonds is 8. The molecule has 25 heavy (non-hydrogen) atoms. The summed E-state index contributed by atoms with van der Waals surface area (Å²) in [6.07, 6.45) is 3.71. The summed E-state index contributed by atoms with van der Waals surface area (Å²) in [4.78, 5) is 12.6. The number of halogens is 1. The Morgan fingerprint density at radius 3 is 2.60 bits per heavy atom. The molecule has 136 valence electrons. The molecule has 1 aromatic heterocycles. The normalized spacial score (nSPS) is 12.4. The van der Waals surface area contributed by atoms with E-state index in [1.165, 1.54) is 0 Å². The molecule has 0 aliphatic rings. The third-order valence-corrected chi connectivity index (χ3v) is 4.62. The van der Waals surface area contributed by atoms with Gasteiger partial charge in [0.1, 0.15) is 0 Å². The molecular weight excluding hydrogens is 336 g/mol. The van der Waals surface area contributed by atoms with Crippen LogP contribution in [0.2, 0.25) is 5.02 Å². The van der Waals surface area contributed by atoms with Crippen molar-refractivity contribution in [2.24, 2.45) is 5.92 Å². The zero-order valence-electron chi connectivity index (χ0n) is 15.5. The average Bonchev–Trinajstić information content (AvgIpc) is 3.00. The lowest BCUT2D eigenvalue weighted by atomic mass is 10.00. The van der Waals surface area contributed by atoms with Crippen molar-refractivity contribution in [3.05, 3.63) is 41.0 Å². The van der Waals surface area contributed by atoms with Crippen molar-refractivity contribution in [3.63, 3.8) is 0 Å². The second-order valence-corrected chi connectivity index (χ2v) is 7.00. The number of hydrogen-bond donors (Lipinski definition) is 0. The number of aromatic nitrogens is 2. The van der Waals surface area contributed by atoms with Crippen LogP contribution in [0.25, 0.3) is 5.69 Å². The second kappa shape index (κ2) is 9.04. The van der Waals surface area contributed by atoms with Gasteiger partial charge in [-0.2, -0.15) is 9.78 Å². The van der Waals surface area contributed by atoms with Crippen LogP contribution in [0.3, 0.4) is 0 Å². The van der Waals surface area contributed by atoms with E-state index in [1.807, 2.05) is 31.2 Å². The predicted molar refractivity (Wildman–Crippen MR) is 102 cm³/mol. The molecule has 0 radical (unpaired) electrons. The van der Waals surface area contributed by atoms with E-state index in [1.54, 1.807) is 10.7 Å². The molecule has 0 amide bonds. The van der Waals surface area contributed by atoms with Crippen LogP contribution in [0, 0.1) is 5.92 Å². The van der Waals surface area contributed by atoms with Gasteiger partial charge in [-0.15, -0.1) is 0 Å². The standard InChI is InChI=1S/C20H27ClN2O2/c1-5-7-10-15(6-2)20(24)25-19-13-17(14(3)4)22-23(19)18-12-9-8-11-16(18)21/h8-9,11-15H,5-7,10H2,1-4H3. The van der Waals surface area contributed by atoms with E-state index >= 15 is 0 Å². The van der Waals surface area contributed by atoms with Crippen LogP contribution in [0.15, 0.2) is 30.3 Å². The molecule has 0 fully saturated rings. The lowest BCUT2D eigenvalue weighted by Gasteiger charge is -2.14. The Bertz CT molecular complexity index is 709. The van der Waals surface area contributed by atoms with E-state index < -0.39 is 0 Å². The molecule has 1 heterocycles. The van der Waals surface area contributed by atoms with E-state index in [0.29, 0.717) is 16.6 Å². The SMILES string of the molecule is CCCCC(CC)C(=O)Oc1cc(C(C)C)nn1-c1ccccc1Cl. The summed E-state index contributed by atoms with van der Waals surface area (Å²) in [6, 6.07) is 9.25. The monoisotopic (exact) mass is 362 g/mol. The topological polar surface area (TPSA) is 44.1 Å². The minimum absolute atomic E-state index is 0.0861. The van der Waals surface area contributed by atoms with Crippen LogP contribution in [-0.4, -0.2) is 15.7 Å². The molecule has 4 nitrogen and oxygen atoms in total. The lowest BCUT2D eigenvalue weighted by Crippen LogP contribution is -2.21. The zero-order valence-corrected chi connectivity index (χ0v) is 16.2. The van der Waals surface area contributed by atoms with Gasteiger partial charge < -0.3 is 4.74 Å². The Hall–Kier alpha value is -1.81. The number of para-hydroxylation sites is 1. The summed E-state index contributed by atoms with van der Waals surface area (Å²) in [5.41, 5.74) is 1.57. The molecule has 1 atom stereocenters. The first-order valence-electron chi connectivity index (χ1n) is 9.04. The second-order valence-electron chi connectivity index (χ2n) is 6.59. The number of esters is 1. The van der Waals surface area contributed by atoms with Crippen molar-refractivity contribution in [2.45, 2.75) is 59.3 Å². The first-order valence-corrected chi connectivity index (χ1v) is 9.42. The summed E-state index contributed by atoms with van der Waals surface area (Å²) in [7, 11) is 0. The molecule has 1 aromatic carbocycles. The minimum atomic E-state index is -0.195. The molecule has 0 bridgehead atoms. The van der Waals surface area contributed by atoms with Gasteiger partial charge in [0, 0.05) is 6.07 Å². The Labute approximate surface area is 155 Å². The molecule has 0 saturated carbocycles. The molecule has 0 saturated heterocycles. The van der Waals surface area contributed by atoms with E-state index in [9.17, 15) is 4.79 Å². The maximum atomic E-state index is 12.6. The van der Waals surface area contributed by atoms with E-state index in [2.05, 4.69) is 25.9 Å². The number of nitrogens with zero attached hydrogens (tertiary/aromatic N) is 2. The maximum absolute atomic E-state index is 12.6. The first-order chi connectivity index (χ1) is 12.0. The molecule has 0 N–H and O–H groups in total. The van der Waals surface area contributed by atoms with Crippen LogP contribution < -0.4 is 4.74 Å². The van der Waals surface area contributed by atoms with Gasteiger partial charge in [0.2, 0.25) is 5.88 Å². The van der Waals surface area contributed by atoms with Crippen molar-refractivity contribution in [3.8, 4) is 11.6 Å². The van der Waals surface area contributed by atoms with Crippen LogP contribution in [0.5, 0.6) is 5.88 Å². The predicted octanol–water partition coefficient (Wildman–Crippen LogP) is 5.77. The molecule has 1 unspecified atom stereocenters. The maximum Gasteiger partial charge on any atom is 0.315 e. The smallest absolute Gasteiger partial charge is 0.315 e. The van der Waals surface area contributed by atoms with Crippen LogP contribution >= 0.6 is 11.6 Å². The van der Waals surface area contributed by atoms with Gasteiger partial charge in [0.15, 0.2) is 0 Å². The molecule has 0 aliphatic carbocycles. The van der Waals surface area contributed by atoms with Gasteiger partial charge in [0.25, 0.3) is 0 Å². The molecule has 5 heteroatoms. The number of benzene rings is 1. The van der Waals surface area contributed by atoms with Crippen molar-refractivity contribution in [1.29, 1.82) is 0 Å². The number of ether oxygens (including phenoxy) is 1. The Morgan fingerprint density at radius 2 is 2.00 bits per heavy atom. The summed E-state index contributed by atoms with van der Waals surface area (Å²) in [6.45, 7) is 8.26. The fourth-order valence-corrected chi connectivity index (χ4v) is 2.87. The third kappa shape index (κ3) is 4.85. The number of hydrogen-bond acceptors (Lipinski definition) is 3. The van der Waals surface area contributed by atoms with E-state index in [4.69, 9.17) is 16.3 Å². The highest BCUT2D eigenvalue weighted by Gasteiger charge is 2.22. The fourth-order valence-electron chi connectivity index (χ4n) is 2.66. The highest BCUT2D eigenvalue weighted by Crippen LogP contribution is 2.29. The Balaban J connectivity index is 2.33. The van der Waals surface area contributed by atoms with Gasteiger partial charge in [-0.3, -0.25) is 4.79 Å². The van der Waals surface area contributed by atoms with Crippen molar-refractivity contribution >= 4 is 17.6 Å². The van der Waals surface area contributed by atoms with Gasteiger partial charge >= 0.3 is 5.97 Å². The van der Waals surface area contributed by atoms with Crippen molar-refractivity contribution < 1.29 is 9.53 Å². The largest absolute Gasteiger partial charge is 0.407 e. The average molecular weight is 363 g/mol. The van der Waals surface area contributed by atoms with E-state index in [0.717, 1.165) is 31.4 Å². The van der Waals surface area contributed by atoms with Crippen molar-refractivity contribution in [2.75, 3.05) is 0 Å². The minimum Gasteiger partial charge on any atom is -0.407 e. The van der Waals surface area contributed by atoms with Crippen molar-refractivity contribution in [1.82, 2.24) is 9.78 Å². The molecular formula is C20H27ClN2O2. The number of carbonyl (C=O) groups is 1. The van der Waals surface area contributed by atoms with E-state index in [-0.39, 0.29) is 17.8 Å². The summed E-state index contributed by atoms with van der Waals surface area (Å²) in [5, 5.41) is 5.16. The Morgan fingerprint density at radius 1 is 1.28 bits per heavy atom. The molecule has 0 spiro atoms. The molecule has 2 aromatic rings. The van der Waals surface area contributed by atoms with Gasteiger partial charge in [-0.05, 0) is 30.9 Å². The van der Waals surface area contributed by atoms with Crippen LogP contribution in [-0.2, 0) is 4.79 Å². The number of unbranched alkanes of at least 4 members (excludes halogenated alkanes) is 1. The van der Waals surface area contributed by atoms with Crippen LogP contribution in [0.1, 0.15) is 65.0 Å². The van der Waals surface area contributed by atoms with Crippen LogP contribution in [0.4, 0.5) is 0 Å². The van der Waals surface area contributed by atoms with Gasteiger partial charge in [-0.1, -0.05) is 64.3 Å². The summed E-state index contributed by atoms with van der Waals surface area (Å²) < 4.78 is 7.37. The lowest BCUT2D eigenvalue weighted by molar-refractivity contribution is -0.139. The first kappa shape index (κ1) is 19.5. The highest BCUT2D eigenvalue weighted by molar-refractivity contribution is 6.32. The highest BCUT2D eigenvalue weighted by atomic mass is 35.5. The molecule has 0 aliphatic heterocycles. The summed E-state index contributed by atoms with van der Waals surface area (Å²) >= 11 is 6.31. The van der Waals surface area contributed by atoms with Gasteiger partial charge in [0.05, 0.1) is 22.3 Å². The fraction of sp³-hybridized carbons (Fsp3) is 0.500. The van der Waals surface area contributed by atoms with Gasteiger partial charge in [-0.25, -0.2) is 0 Å². The number of carbonyl (C=O) groups excluding carboxylic acids is 1. The zero-order chi connectivity index (χ0) is 18.4.